The van der Waals surface area contributed by atoms with Crippen molar-refractivity contribution in [2.24, 2.45) is 11.8 Å². The molecule has 1 aliphatic heterocycles. The number of hydrogen-bond acceptors (Lipinski definition) is 3. The van der Waals surface area contributed by atoms with Crippen molar-refractivity contribution in [3.8, 4) is 0 Å². The number of nitrogens with zero attached hydrogens (tertiary/aromatic N) is 2. The SMILES string of the molecule is CCNCc1cccc(N2CCCC(C(C)C)CC2)n1. The van der Waals surface area contributed by atoms with Crippen LogP contribution >= 0.6 is 0 Å². The molecule has 1 aliphatic rings. The molecule has 1 N–H and O–H groups in total. The van der Waals surface area contributed by atoms with Crippen molar-refractivity contribution in [3.63, 3.8) is 0 Å². The van der Waals surface area contributed by atoms with Crippen molar-refractivity contribution < 1.29 is 0 Å². The maximum absolute atomic E-state index is 4.81. The summed E-state index contributed by atoms with van der Waals surface area (Å²) in [5.41, 5.74) is 1.15. The zero-order valence-corrected chi connectivity index (χ0v) is 13.2. The van der Waals surface area contributed by atoms with Gasteiger partial charge in [0, 0.05) is 19.6 Å². The first-order chi connectivity index (χ1) is 9.70. The summed E-state index contributed by atoms with van der Waals surface area (Å²) in [6.07, 6.45) is 3.96. The third-order valence-corrected chi connectivity index (χ3v) is 4.39. The standard InChI is InChI=1S/C17H29N3/c1-4-18-13-16-8-5-9-17(19-16)20-11-6-7-15(10-12-20)14(2)3/h5,8-9,14-15,18H,4,6-7,10-13H2,1-3H3. The molecule has 0 aliphatic carbocycles. The second-order valence-electron chi connectivity index (χ2n) is 6.19. The van der Waals surface area contributed by atoms with Crippen LogP contribution in [0.25, 0.3) is 0 Å². The lowest BCUT2D eigenvalue weighted by Crippen LogP contribution is -2.26. The lowest BCUT2D eigenvalue weighted by atomic mass is 9.89. The molecule has 0 spiro atoms. The first kappa shape index (κ1) is 15.3. The highest BCUT2D eigenvalue weighted by atomic mass is 15.2. The molecule has 3 heteroatoms. The van der Waals surface area contributed by atoms with Crippen molar-refractivity contribution in [1.29, 1.82) is 0 Å². The Kier molecular flexibility index (Phi) is 5.84. The summed E-state index contributed by atoms with van der Waals surface area (Å²) in [4.78, 5) is 7.28. The highest BCUT2D eigenvalue weighted by molar-refractivity contribution is 5.39. The molecule has 2 heterocycles. The van der Waals surface area contributed by atoms with Crippen LogP contribution in [0.5, 0.6) is 0 Å². The number of anilines is 1. The molecular weight excluding hydrogens is 246 g/mol. The van der Waals surface area contributed by atoms with Gasteiger partial charge < -0.3 is 10.2 Å². The molecule has 1 aromatic heterocycles. The minimum Gasteiger partial charge on any atom is -0.357 e. The van der Waals surface area contributed by atoms with Gasteiger partial charge in [-0.1, -0.05) is 26.8 Å². The van der Waals surface area contributed by atoms with Gasteiger partial charge in [-0.05, 0) is 49.8 Å². The Balaban J connectivity index is 2.00. The number of aromatic nitrogens is 1. The van der Waals surface area contributed by atoms with E-state index in [9.17, 15) is 0 Å². The van der Waals surface area contributed by atoms with E-state index in [1.807, 2.05) is 0 Å². The molecule has 1 aromatic rings. The van der Waals surface area contributed by atoms with Gasteiger partial charge in [-0.3, -0.25) is 0 Å². The highest BCUT2D eigenvalue weighted by Crippen LogP contribution is 2.26. The molecule has 20 heavy (non-hydrogen) atoms. The van der Waals surface area contributed by atoms with E-state index in [4.69, 9.17) is 4.98 Å². The van der Waals surface area contributed by atoms with Gasteiger partial charge in [0.2, 0.25) is 0 Å². The summed E-state index contributed by atoms with van der Waals surface area (Å²) in [7, 11) is 0. The monoisotopic (exact) mass is 275 g/mol. The van der Waals surface area contributed by atoms with Crippen LogP contribution < -0.4 is 10.2 Å². The summed E-state index contributed by atoms with van der Waals surface area (Å²) in [6, 6.07) is 6.41. The van der Waals surface area contributed by atoms with Gasteiger partial charge in [-0.15, -0.1) is 0 Å². The predicted molar refractivity (Wildman–Crippen MR) is 86.0 cm³/mol. The molecular formula is C17H29N3. The quantitative estimate of drug-likeness (QED) is 0.892. The van der Waals surface area contributed by atoms with E-state index in [2.05, 4.69) is 49.2 Å². The fraction of sp³-hybridized carbons (Fsp3) is 0.706. The molecule has 1 atom stereocenters. The zero-order valence-electron chi connectivity index (χ0n) is 13.2. The van der Waals surface area contributed by atoms with Crippen LogP contribution in [0.2, 0.25) is 0 Å². The minimum absolute atomic E-state index is 0.808. The fourth-order valence-electron chi connectivity index (χ4n) is 3.01. The molecule has 1 saturated heterocycles. The van der Waals surface area contributed by atoms with Crippen molar-refractivity contribution in [2.45, 2.75) is 46.6 Å². The van der Waals surface area contributed by atoms with Crippen molar-refractivity contribution in [3.05, 3.63) is 23.9 Å². The minimum atomic E-state index is 0.808. The third kappa shape index (κ3) is 4.20. The number of nitrogens with one attached hydrogen (secondary N) is 1. The molecule has 2 rings (SSSR count). The highest BCUT2D eigenvalue weighted by Gasteiger charge is 2.20. The van der Waals surface area contributed by atoms with Crippen molar-refractivity contribution in [1.82, 2.24) is 10.3 Å². The molecule has 0 aromatic carbocycles. The van der Waals surface area contributed by atoms with E-state index >= 15 is 0 Å². The molecule has 0 amide bonds. The third-order valence-electron chi connectivity index (χ3n) is 4.39. The first-order valence-corrected chi connectivity index (χ1v) is 8.12. The van der Waals surface area contributed by atoms with E-state index in [1.165, 1.54) is 19.3 Å². The van der Waals surface area contributed by atoms with Gasteiger partial charge in [0.25, 0.3) is 0 Å². The van der Waals surface area contributed by atoms with E-state index in [-0.39, 0.29) is 0 Å². The summed E-state index contributed by atoms with van der Waals surface area (Å²) >= 11 is 0. The Hall–Kier alpha value is -1.09. The summed E-state index contributed by atoms with van der Waals surface area (Å²) in [5, 5.41) is 3.35. The Bertz CT molecular complexity index is 403. The Morgan fingerprint density at radius 1 is 1.30 bits per heavy atom. The van der Waals surface area contributed by atoms with Crippen LogP contribution in [0.4, 0.5) is 5.82 Å². The normalized spacial score (nSPS) is 20.2. The zero-order chi connectivity index (χ0) is 14.4. The second-order valence-corrected chi connectivity index (χ2v) is 6.19. The van der Waals surface area contributed by atoms with Gasteiger partial charge in [0.1, 0.15) is 5.82 Å². The molecule has 0 radical (unpaired) electrons. The van der Waals surface area contributed by atoms with Crippen LogP contribution in [0.3, 0.4) is 0 Å². The molecule has 0 bridgehead atoms. The summed E-state index contributed by atoms with van der Waals surface area (Å²) in [5.74, 6) is 2.85. The van der Waals surface area contributed by atoms with Gasteiger partial charge >= 0.3 is 0 Å². The lowest BCUT2D eigenvalue weighted by molar-refractivity contribution is 0.351. The molecule has 3 nitrogen and oxygen atoms in total. The maximum Gasteiger partial charge on any atom is 0.128 e. The van der Waals surface area contributed by atoms with Gasteiger partial charge in [-0.25, -0.2) is 4.98 Å². The maximum atomic E-state index is 4.81. The lowest BCUT2D eigenvalue weighted by Gasteiger charge is -2.23. The Labute approximate surface area is 123 Å². The van der Waals surface area contributed by atoms with E-state index < -0.39 is 0 Å². The van der Waals surface area contributed by atoms with Crippen LogP contribution in [-0.4, -0.2) is 24.6 Å². The fourth-order valence-corrected chi connectivity index (χ4v) is 3.01. The first-order valence-electron chi connectivity index (χ1n) is 8.12. The molecule has 0 saturated carbocycles. The average molecular weight is 275 g/mol. The Morgan fingerprint density at radius 2 is 2.15 bits per heavy atom. The van der Waals surface area contributed by atoms with E-state index in [1.54, 1.807) is 0 Å². The molecule has 1 fully saturated rings. The number of hydrogen-bond donors (Lipinski definition) is 1. The summed E-state index contributed by atoms with van der Waals surface area (Å²) in [6.45, 7) is 11.0. The van der Waals surface area contributed by atoms with Crippen LogP contribution in [0.1, 0.15) is 45.7 Å². The number of rotatable bonds is 5. The van der Waals surface area contributed by atoms with Gasteiger partial charge in [-0.2, -0.15) is 0 Å². The van der Waals surface area contributed by atoms with E-state index in [0.717, 1.165) is 49.5 Å². The van der Waals surface area contributed by atoms with Crippen molar-refractivity contribution >= 4 is 5.82 Å². The second kappa shape index (κ2) is 7.63. The largest absolute Gasteiger partial charge is 0.357 e. The summed E-state index contributed by atoms with van der Waals surface area (Å²) < 4.78 is 0. The van der Waals surface area contributed by atoms with Crippen LogP contribution in [0.15, 0.2) is 18.2 Å². The molecule has 112 valence electrons. The topological polar surface area (TPSA) is 28.2 Å². The average Bonchev–Trinajstić information content (AvgIpc) is 2.71. The van der Waals surface area contributed by atoms with Crippen molar-refractivity contribution in [2.75, 3.05) is 24.5 Å². The van der Waals surface area contributed by atoms with E-state index in [0.29, 0.717) is 0 Å². The van der Waals surface area contributed by atoms with Gasteiger partial charge in [0.15, 0.2) is 0 Å². The number of pyridine rings is 1. The molecule has 1 unspecified atom stereocenters. The van der Waals surface area contributed by atoms with Crippen LogP contribution in [0, 0.1) is 11.8 Å². The predicted octanol–water partition coefficient (Wildman–Crippen LogP) is 3.45. The van der Waals surface area contributed by atoms with Gasteiger partial charge in [0.05, 0.1) is 5.69 Å². The Morgan fingerprint density at radius 3 is 2.90 bits per heavy atom. The van der Waals surface area contributed by atoms with Crippen LogP contribution in [-0.2, 0) is 6.54 Å². The smallest absolute Gasteiger partial charge is 0.128 e.